The van der Waals surface area contributed by atoms with Gasteiger partial charge in [0, 0.05) is 25.3 Å². The van der Waals surface area contributed by atoms with Crippen molar-refractivity contribution in [3.05, 3.63) is 71.8 Å². The van der Waals surface area contributed by atoms with Crippen LogP contribution >= 0.6 is 0 Å². The van der Waals surface area contributed by atoms with Crippen molar-refractivity contribution in [3.8, 4) is 0 Å². The summed E-state index contributed by atoms with van der Waals surface area (Å²) in [6.07, 6.45) is 3.49. The molecule has 2 aromatic rings. The minimum atomic E-state index is -0.412. The number of amides is 1. The number of anilines is 1. The molecule has 2 rings (SSSR count). The highest BCUT2D eigenvalue weighted by Gasteiger charge is 2.01. The van der Waals surface area contributed by atoms with Crippen LogP contribution in [0.1, 0.15) is 25.0 Å². The molecule has 0 saturated carbocycles. The van der Waals surface area contributed by atoms with Crippen LogP contribution in [0, 0.1) is 0 Å². The van der Waals surface area contributed by atoms with Crippen LogP contribution in [0.2, 0.25) is 0 Å². The summed E-state index contributed by atoms with van der Waals surface area (Å²) in [4.78, 5) is 13.9. The van der Waals surface area contributed by atoms with Gasteiger partial charge < -0.3 is 15.0 Å². The van der Waals surface area contributed by atoms with Crippen LogP contribution in [0.4, 0.5) is 10.5 Å². The molecule has 0 spiro atoms. The molecule has 4 heteroatoms. The van der Waals surface area contributed by atoms with Crippen molar-refractivity contribution in [3.63, 3.8) is 0 Å². The molecule has 0 aliphatic carbocycles. The normalized spacial score (nSPS) is 10.6. The van der Waals surface area contributed by atoms with E-state index in [0.29, 0.717) is 6.54 Å². The van der Waals surface area contributed by atoms with Crippen LogP contribution in [-0.2, 0) is 11.3 Å². The number of hydrogen-bond donors (Lipinski definition) is 1. The Labute approximate surface area is 150 Å². The minimum absolute atomic E-state index is 0.281. The predicted molar refractivity (Wildman–Crippen MR) is 104 cm³/mol. The Kier molecular flexibility index (Phi) is 7.57. The van der Waals surface area contributed by atoms with Gasteiger partial charge in [-0.15, -0.1) is 0 Å². The Morgan fingerprint density at radius 3 is 2.36 bits per heavy atom. The summed E-state index contributed by atoms with van der Waals surface area (Å²) < 4.78 is 5.16. The van der Waals surface area contributed by atoms with Gasteiger partial charge in [-0.3, -0.25) is 0 Å². The topological polar surface area (TPSA) is 41.6 Å². The van der Waals surface area contributed by atoms with E-state index in [4.69, 9.17) is 4.74 Å². The van der Waals surface area contributed by atoms with Crippen molar-refractivity contribution in [2.75, 3.05) is 24.5 Å². The molecule has 0 unspecified atom stereocenters. The molecule has 0 aliphatic rings. The lowest BCUT2D eigenvalue weighted by Crippen LogP contribution is -2.24. The second-order valence-electron chi connectivity index (χ2n) is 5.61. The number of alkyl carbamates (subject to hydrolysis) is 1. The van der Waals surface area contributed by atoms with Crippen LogP contribution in [0.3, 0.4) is 0 Å². The van der Waals surface area contributed by atoms with E-state index in [0.717, 1.165) is 24.2 Å². The molecule has 0 fully saturated rings. The highest BCUT2D eigenvalue weighted by molar-refractivity contribution is 5.67. The van der Waals surface area contributed by atoms with Crippen LogP contribution in [0.25, 0.3) is 6.08 Å². The molecule has 132 valence electrons. The molecule has 0 aliphatic heterocycles. The zero-order valence-electron chi connectivity index (χ0n) is 14.9. The zero-order valence-corrected chi connectivity index (χ0v) is 14.9. The first-order valence-corrected chi connectivity index (χ1v) is 8.69. The molecule has 0 aromatic heterocycles. The molecular formula is C21H26N2O2. The third kappa shape index (κ3) is 6.34. The van der Waals surface area contributed by atoms with Crippen molar-refractivity contribution in [2.45, 2.75) is 20.5 Å². The van der Waals surface area contributed by atoms with Gasteiger partial charge in [0.25, 0.3) is 0 Å². The number of nitrogens with zero attached hydrogens (tertiary/aromatic N) is 1. The largest absolute Gasteiger partial charge is 0.445 e. The number of rotatable bonds is 8. The maximum absolute atomic E-state index is 11.6. The summed E-state index contributed by atoms with van der Waals surface area (Å²) in [6.45, 7) is 7.02. The first kappa shape index (κ1) is 18.6. The molecule has 1 N–H and O–H groups in total. The van der Waals surface area contributed by atoms with Gasteiger partial charge >= 0.3 is 6.09 Å². The standard InChI is InChI=1S/C21H26N2O2/c1-3-23(4-2)20-14-12-18(13-15-20)11-8-16-22-21(24)25-17-19-9-6-5-7-10-19/h5-15H,3-4,16-17H2,1-2H3,(H,22,24). The Bertz CT molecular complexity index is 662. The quantitative estimate of drug-likeness (QED) is 0.772. The maximum atomic E-state index is 11.6. The average molecular weight is 338 g/mol. The summed E-state index contributed by atoms with van der Waals surface area (Å²) in [5.74, 6) is 0. The van der Waals surface area contributed by atoms with Gasteiger partial charge in [0.05, 0.1) is 0 Å². The lowest BCUT2D eigenvalue weighted by molar-refractivity contribution is 0.141. The van der Waals surface area contributed by atoms with E-state index in [1.807, 2.05) is 42.5 Å². The number of nitrogens with one attached hydrogen (secondary N) is 1. The highest BCUT2D eigenvalue weighted by atomic mass is 16.5. The maximum Gasteiger partial charge on any atom is 0.407 e. The predicted octanol–water partition coefficient (Wildman–Crippen LogP) is 4.47. The van der Waals surface area contributed by atoms with E-state index in [1.54, 1.807) is 0 Å². The lowest BCUT2D eigenvalue weighted by Gasteiger charge is -2.20. The Morgan fingerprint density at radius 1 is 1.04 bits per heavy atom. The molecule has 0 atom stereocenters. The molecule has 0 radical (unpaired) electrons. The molecule has 0 saturated heterocycles. The van der Waals surface area contributed by atoms with Gasteiger partial charge in [0.2, 0.25) is 0 Å². The molecule has 1 amide bonds. The Hall–Kier alpha value is -2.75. The van der Waals surface area contributed by atoms with E-state index >= 15 is 0 Å². The number of carbonyl (C=O) groups is 1. The van der Waals surface area contributed by atoms with E-state index in [1.165, 1.54) is 5.69 Å². The van der Waals surface area contributed by atoms with Gasteiger partial charge in [-0.1, -0.05) is 54.6 Å². The van der Waals surface area contributed by atoms with E-state index in [9.17, 15) is 4.79 Å². The monoisotopic (exact) mass is 338 g/mol. The average Bonchev–Trinajstić information content (AvgIpc) is 2.66. The van der Waals surface area contributed by atoms with Gasteiger partial charge in [-0.05, 0) is 37.1 Å². The van der Waals surface area contributed by atoms with Crippen molar-refractivity contribution in [2.24, 2.45) is 0 Å². The fourth-order valence-corrected chi connectivity index (χ4v) is 2.50. The minimum Gasteiger partial charge on any atom is -0.445 e. The number of carbonyl (C=O) groups excluding carboxylic acids is 1. The SMILES string of the molecule is CCN(CC)c1ccc(C=CCNC(=O)OCc2ccccc2)cc1. The lowest BCUT2D eigenvalue weighted by atomic mass is 10.2. The molecular weight excluding hydrogens is 312 g/mol. The Balaban J connectivity index is 1.72. The fourth-order valence-electron chi connectivity index (χ4n) is 2.50. The zero-order chi connectivity index (χ0) is 17.9. The van der Waals surface area contributed by atoms with Crippen molar-refractivity contribution < 1.29 is 9.53 Å². The van der Waals surface area contributed by atoms with Gasteiger partial charge in [0.15, 0.2) is 0 Å². The third-order valence-corrected chi connectivity index (χ3v) is 3.91. The third-order valence-electron chi connectivity index (χ3n) is 3.91. The van der Waals surface area contributed by atoms with E-state index in [-0.39, 0.29) is 6.61 Å². The van der Waals surface area contributed by atoms with Crippen LogP contribution in [0.15, 0.2) is 60.7 Å². The summed E-state index contributed by atoms with van der Waals surface area (Å²) in [7, 11) is 0. The van der Waals surface area contributed by atoms with Crippen molar-refractivity contribution in [1.82, 2.24) is 5.32 Å². The first-order chi connectivity index (χ1) is 12.2. The van der Waals surface area contributed by atoms with E-state index < -0.39 is 6.09 Å². The number of hydrogen-bond acceptors (Lipinski definition) is 3. The molecule has 0 heterocycles. The summed E-state index contributed by atoms with van der Waals surface area (Å²) in [6, 6.07) is 18.0. The Morgan fingerprint density at radius 2 is 1.72 bits per heavy atom. The summed E-state index contributed by atoms with van der Waals surface area (Å²) in [5.41, 5.74) is 3.31. The smallest absolute Gasteiger partial charge is 0.407 e. The van der Waals surface area contributed by atoms with Crippen LogP contribution < -0.4 is 10.2 Å². The van der Waals surface area contributed by atoms with Gasteiger partial charge in [-0.2, -0.15) is 0 Å². The highest BCUT2D eigenvalue weighted by Crippen LogP contribution is 2.15. The number of benzene rings is 2. The van der Waals surface area contributed by atoms with Crippen molar-refractivity contribution in [1.29, 1.82) is 0 Å². The molecule has 25 heavy (non-hydrogen) atoms. The molecule has 0 bridgehead atoms. The first-order valence-electron chi connectivity index (χ1n) is 8.69. The molecule has 2 aromatic carbocycles. The fraction of sp³-hybridized carbons (Fsp3) is 0.286. The molecule has 4 nitrogen and oxygen atoms in total. The van der Waals surface area contributed by atoms with Crippen LogP contribution in [-0.4, -0.2) is 25.7 Å². The van der Waals surface area contributed by atoms with Gasteiger partial charge in [0.1, 0.15) is 6.61 Å². The van der Waals surface area contributed by atoms with Gasteiger partial charge in [-0.25, -0.2) is 4.79 Å². The summed E-state index contributed by atoms with van der Waals surface area (Å²) in [5, 5.41) is 2.71. The second kappa shape index (κ2) is 10.2. The number of ether oxygens (including phenoxy) is 1. The van der Waals surface area contributed by atoms with Crippen molar-refractivity contribution >= 4 is 17.9 Å². The summed E-state index contributed by atoms with van der Waals surface area (Å²) >= 11 is 0. The second-order valence-corrected chi connectivity index (χ2v) is 5.61. The van der Waals surface area contributed by atoms with Crippen LogP contribution in [0.5, 0.6) is 0 Å². The van der Waals surface area contributed by atoms with E-state index in [2.05, 4.69) is 48.3 Å².